The molecule has 1 aromatic heterocycles. The van der Waals surface area contributed by atoms with Crippen LogP contribution in [0, 0.1) is 0 Å². The molecule has 0 fully saturated rings. The predicted octanol–water partition coefficient (Wildman–Crippen LogP) is -1.64. The van der Waals surface area contributed by atoms with Gasteiger partial charge in [-0.1, -0.05) is 0 Å². The van der Waals surface area contributed by atoms with Crippen molar-refractivity contribution >= 4 is 17.8 Å². The predicted molar refractivity (Wildman–Crippen MR) is 52.6 cm³/mol. The van der Waals surface area contributed by atoms with Crippen molar-refractivity contribution in [1.29, 1.82) is 0 Å². The second-order valence-corrected chi connectivity index (χ2v) is 3.12. The van der Waals surface area contributed by atoms with Crippen molar-refractivity contribution in [3.63, 3.8) is 0 Å². The number of amides is 1. The number of carbonyl (C=O) groups excluding carboxylic acids is 1. The standard InChI is InChI=1S/C8H9N3O6/c12-5(13)1-3(7(15)16)10-6(14)4-2-9-8(17)11-4/h2-3H,1H2,(H,10,14)(H,12,13)(H,15,16)(H2,9,11,17). The summed E-state index contributed by atoms with van der Waals surface area (Å²) in [4.78, 5) is 47.4. The molecule has 17 heavy (non-hydrogen) atoms. The van der Waals surface area contributed by atoms with E-state index in [0.29, 0.717) is 0 Å². The van der Waals surface area contributed by atoms with Crippen LogP contribution in [-0.2, 0) is 9.59 Å². The van der Waals surface area contributed by atoms with E-state index in [0.717, 1.165) is 6.20 Å². The van der Waals surface area contributed by atoms with Gasteiger partial charge in [0.05, 0.1) is 6.42 Å². The van der Waals surface area contributed by atoms with Crippen LogP contribution in [0.15, 0.2) is 11.0 Å². The molecule has 92 valence electrons. The van der Waals surface area contributed by atoms with Gasteiger partial charge < -0.3 is 25.5 Å². The van der Waals surface area contributed by atoms with E-state index in [1.807, 2.05) is 5.32 Å². The van der Waals surface area contributed by atoms with Crippen molar-refractivity contribution in [2.75, 3.05) is 0 Å². The number of nitrogens with one attached hydrogen (secondary N) is 3. The van der Waals surface area contributed by atoms with Crippen molar-refractivity contribution < 1.29 is 24.6 Å². The highest BCUT2D eigenvalue weighted by atomic mass is 16.4. The van der Waals surface area contributed by atoms with E-state index in [2.05, 4.69) is 9.97 Å². The topological polar surface area (TPSA) is 152 Å². The Labute approximate surface area is 93.5 Å². The summed E-state index contributed by atoms with van der Waals surface area (Å²) in [6.07, 6.45) is 0.299. The summed E-state index contributed by atoms with van der Waals surface area (Å²) in [7, 11) is 0. The summed E-state index contributed by atoms with van der Waals surface area (Å²) < 4.78 is 0. The third-order valence-electron chi connectivity index (χ3n) is 1.82. The highest BCUT2D eigenvalue weighted by molar-refractivity contribution is 5.95. The summed E-state index contributed by atoms with van der Waals surface area (Å²) in [5, 5.41) is 19.1. The smallest absolute Gasteiger partial charge is 0.326 e. The van der Waals surface area contributed by atoms with Gasteiger partial charge in [-0.25, -0.2) is 9.59 Å². The first-order chi connectivity index (χ1) is 7.90. The molecule has 0 aliphatic rings. The van der Waals surface area contributed by atoms with E-state index in [-0.39, 0.29) is 5.69 Å². The first kappa shape index (κ1) is 12.5. The Kier molecular flexibility index (Phi) is 3.65. The van der Waals surface area contributed by atoms with Crippen molar-refractivity contribution in [3.8, 4) is 0 Å². The molecule has 1 amide bonds. The highest BCUT2D eigenvalue weighted by Gasteiger charge is 2.24. The number of aromatic amines is 2. The second kappa shape index (κ2) is 4.96. The Morgan fingerprint density at radius 3 is 2.41 bits per heavy atom. The summed E-state index contributed by atoms with van der Waals surface area (Å²) in [5.41, 5.74) is -0.799. The lowest BCUT2D eigenvalue weighted by atomic mass is 10.2. The van der Waals surface area contributed by atoms with Gasteiger partial charge in [-0.15, -0.1) is 0 Å². The van der Waals surface area contributed by atoms with Gasteiger partial charge in [0, 0.05) is 6.20 Å². The zero-order chi connectivity index (χ0) is 13.0. The molecule has 0 bridgehead atoms. The number of carboxylic acids is 2. The normalized spacial score (nSPS) is 11.8. The van der Waals surface area contributed by atoms with Gasteiger partial charge in [-0.05, 0) is 0 Å². The number of rotatable bonds is 5. The summed E-state index contributed by atoms with van der Waals surface area (Å²) >= 11 is 0. The van der Waals surface area contributed by atoms with Crippen LogP contribution >= 0.6 is 0 Å². The second-order valence-electron chi connectivity index (χ2n) is 3.12. The Bertz CT molecular complexity index is 501. The van der Waals surface area contributed by atoms with Crippen molar-refractivity contribution in [2.24, 2.45) is 0 Å². The van der Waals surface area contributed by atoms with E-state index in [4.69, 9.17) is 10.2 Å². The highest BCUT2D eigenvalue weighted by Crippen LogP contribution is 1.96. The summed E-state index contributed by atoms with van der Waals surface area (Å²) in [5.74, 6) is -3.71. The van der Waals surface area contributed by atoms with Crippen LogP contribution in [0.2, 0.25) is 0 Å². The molecule has 0 spiro atoms. The molecule has 0 aliphatic carbocycles. The Morgan fingerprint density at radius 1 is 1.35 bits per heavy atom. The van der Waals surface area contributed by atoms with E-state index < -0.39 is 36.0 Å². The molecular weight excluding hydrogens is 234 g/mol. The van der Waals surface area contributed by atoms with Crippen LogP contribution in [0.3, 0.4) is 0 Å². The largest absolute Gasteiger partial charge is 0.481 e. The molecular formula is C8H9N3O6. The maximum Gasteiger partial charge on any atom is 0.326 e. The van der Waals surface area contributed by atoms with Gasteiger partial charge in [0.2, 0.25) is 0 Å². The van der Waals surface area contributed by atoms with Crippen LogP contribution < -0.4 is 11.0 Å². The van der Waals surface area contributed by atoms with Gasteiger partial charge >= 0.3 is 17.6 Å². The molecule has 1 heterocycles. The minimum absolute atomic E-state index is 0.174. The Hall–Kier alpha value is -2.58. The number of carboxylic acid groups (broad SMARTS) is 2. The van der Waals surface area contributed by atoms with Crippen LogP contribution in [0.4, 0.5) is 0 Å². The number of carbonyl (C=O) groups is 3. The van der Waals surface area contributed by atoms with Crippen molar-refractivity contribution in [2.45, 2.75) is 12.5 Å². The molecule has 5 N–H and O–H groups in total. The van der Waals surface area contributed by atoms with Crippen LogP contribution in [-0.4, -0.2) is 44.1 Å². The molecule has 9 nitrogen and oxygen atoms in total. The minimum atomic E-state index is -1.56. The first-order valence-electron chi connectivity index (χ1n) is 4.43. The molecule has 1 rings (SSSR count). The van der Waals surface area contributed by atoms with E-state index >= 15 is 0 Å². The van der Waals surface area contributed by atoms with E-state index in [9.17, 15) is 19.2 Å². The molecule has 9 heteroatoms. The Morgan fingerprint density at radius 2 is 2.00 bits per heavy atom. The quantitative estimate of drug-likeness (QED) is 0.418. The van der Waals surface area contributed by atoms with Crippen LogP contribution in [0.5, 0.6) is 0 Å². The molecule has 0 aliphatic heterocycles. The first-order valence-corrected chi connectivity index (χ1v) is 4.43. The molecule has 1 atom stereocenters. The number of imidazole rings is 1. The molecule has 1 unspecified atom stereocenters. The number of H-pyrrole nitrogens is 2. The fourth-order valence-electron chi connectivity index (χ4n) is 1.07. The van der Waals surface area contributed by atoms with E-state index in [1.54, 1.807) is 0 Å². The molecule has 0 saturated heterocycles. The number of aromatic nitrogens is 2. The molecule has 0 saturated carbocycles. The molecule has 1 aromatic rings. The van der Waals surface area contributed by atoms with Gasteiger partial charge in [0.25, 0.3) is 5.91 Å². The van der Waals surface area contributed by atoms with Crippen LogP contribution in [0.1, 0.15) is 16.9 Å². The monoisotopic (exact) mass is 243 g/mol. The van der Waals surface area contributed by atoms with Gasteiger partial charge in [0.15, 0.2) is 0 Å². The van der Waals surface area contributed by atoms with Crippen molar-refractivity contribution in [3.05, 3.63) is 22.4 Å². The molecule has 0 radical (unpaired) electrons. The molecule has 0 aromatic carbocycles. The zero-order valence-corrected chi connectivity index (χ0v) is 8.39. The fourth-order valence-corrected chi connectivity index (χ4v) is 1.07. The lowest BCUT2D eigenvalue weighted by Gasteiger charge is -2.10. The zero-order valence-electron chi connectivity index (χ0n) is 8.39. The third kappa shape index (κ3) is 3.48. The van der Waals surface area contributed by atoms with Crippen molar-refractivity contribution in [1.82, 2.24) is 15.3 Å². The SMILES string of the molecule is O=C(O)CC(NC(=O)c1c[nH]c(=O)[nH]1)C(=O)O. The number of hydrogen-bond acceptors (Lipinski definition) is 4. The van der Waals surface area contributed by atoms with Gasteiger partial charge in [-0.3, -0.25) is 9.59 Å². The fraction of sp³-hybridized carbons (Fsp3) is 0.250. The maximum absolute atomic E-state index is 11.4. The van der Waals surface area contributed by atoms with Gasteiger partial charge in [0.1, 0.15) is 11.7 Å². The third-order valence-corrected chi connectivity index (χ3v) is 1.82. The maximum atomic E-state index is 11.4. The lowest BCUT2D eigenvalue weighted by Crippen LogP contribution is -2.42. The average molecular weight is 243 g/mol. The van der Waals surface area contributed by atoms with E-state index in [1.165, 1.54) is 0 Å². The Balaban J connectivity index is 2.74. The van der Waals surface area contributed by atoms with Crippen LogP contribution in [0.25, 0.3) is 0 Å². The van der Waals surface area contributed by atoms with Gasteiger partial charge in [-0.2, -0.15) is 0 Å². The average Bonchev–Trinajstić information content (AvgIpc) is 2.63. The summed E-state index contributed by atoms with van der Waals surface area (Å²) in [6.45, 7) is 0. The minimum Gasteiger partial charge on any atom is -0.481 e. The number of aliphatic carboxylic acids is 2. The number of hydrogen-bond donors (Lipinski definition) is 5. The lowest BCUT2D eigenvalue weighted by molar-refractivity contribution is -0.145. The summed E-state index contributed by atoms with van der Waals surface area (Å²) in [6, 6.07) is -1.56.